The van der Waals surface area contributed by atoms with Gasteiger partial charge in [0.15, 0.2) is 0 Å². The molecule has 1 rings (SSSR count). The van der Waals surface area contributed by atoms with E-state index < -0.39 is 17.8 Å². The normalized spacial score (nSPS) is 9.90. The van der Waals surface area contributed by atoms with Gasteiger partial charge >= 0.3 is 11.9 Å². The van der Waals surface area contributed by atoms with Crippen molar-refractivity contribution in [2.75, 3.05) is 13.2 Å². The molecule has 0 atom stereocenters. The zero-order valence-corrected chi connectivity index (χ0v) is 11.4. The molecular formula is C14H17NO6. The fraction of sp³-hybridized carbons (Fsp3) is 0.357. The predicted octanol–water partition coefficient (Wildman–Crippen LogP) is 0.920. The molecule has 0 aliphatic carbocycles. The van der Waals surface area contributed by atoms with Crippen LogP contribution in [-0.4, -0.2) is 41.2 Å². The molecule has 1 aromatic rings. The maximum absolute atomic E-state index is 11.7. The van der Waals surface area contributed by atoms with Crippen molar-refractivity contribution in [3.05, 3.63) is 29.8 Å². The summed E-state index contributed by atoms with van der Waals surface area (Å²) in [5, 5.41) is 20.4. The number of carbonyl (C=O) groups excluding carboxylic acids is 2. The second kappa shape index (κ2) is 8.57. The lowest BCUT2D eigenvalue weighted by molar-refractivity contribution is -0.147. The topological polar surface area (TPSA) is 113 Å². The third kappa shape index (κ3) is 6.42. The van der Waals surface area contributed by atoms with E-state index in [4.69, 9.17) is 9.84 Å². The molecule has 114 valence electrons. The first-order valence-electron chi connectivity index (χ1n) is 6.44. The van der Waals surface area contributed by atoms with Crippen molar-refractivity contribution in [1.82, 2.24) is 5.32 Å². The standard InChI is InChI=1S/C14H17NO6/c16-11-5-2-1-4-10(11)14(20)15-8-3-9-21-13(19)7-6-12(17)18/h1-2,4-5,16H,3,6-9H2,(H,15,20)(H,17,18). The summed E-state index contributed by atoms with van der Waals surface area (Å²) in [6.07, 6.45) is -0.0272. The van der Waals surface area contributed by atoms with E-state index in [0.29, 0.717) is 6.42 Å². The van der Waals surface area contributed by atoms with Gasteiger partial charge in [-0.2, -0.15) is 0 Å². The largest absolute Gasteiger partial charge is 0.507 e. The summed E-state index contributed by atoms with van der Waals surface area (Å²) in [5.74, 6) is -2.15. The molecule has 0 aliphatic heterocycles. The van der Waals surface area contributed by atoms with E-state index in [2.05, 4.69) is 5.32 Å². The molecule has 1 amide bonds. The molecule has 1 aromatic carbocycles. The first-order valence-corrected chi connectivity index (χ1v) is 6.44. The van der Waals surface area contributed by atoms with Crippen molar-refractivity contribution in [2.24, 2.45) is 0 Å². The number of hydrogen-bond donors (Lipinski definition) is 3. The Morgan fingerprint density at radius 2 is 1.86 bits per heavy atom. The van der Waals surface area contributed by atoms with Crippen LogP contribution >= 0.6 is 0 Å². The number of carboxylic acids is 1. The van der Waals surface area contributed by atoms with E-state index in [1.54, 1.807) is 12.1 Å². The third-order valence-electron chi connectivity index (χ3n) is 2.56. The number of rotatable bonds is 8. The zero-order chi connectivity index (χ0) is 15.7. The summed E-state index contributed by atoms with van der Waals surface area (Å²) >= 11 is 0. The molecule has 0 radical (unpaired) electrons. The summed E-state index contributed by atoms with van der Waals surface area (Å²) in [6, 6.07) is 6.16. The maximum Gasteiger partial charge on any atom is 0.306 e. The molecule has 7 heteroatoms. The van der Waals surface area contributed by atoms with Crippen LogP contribution in [-0.2, 0) is 14.3 Å². The Hall–Kier alpha value is -2.57. The minimum Gasteiger partial charge on any atom is -0.507 e. The molecule has 0 bridgehead atoms. The van der Waals surface area contributed by atoms with E-state index in [1.165, 1.54) is 12.1 Å². The Kier molecular flexibility index (Phi) is 6.73. The number of carbonyl (C=O) groups is 3. The van der Waals surface area contributed by atoms with Gasteiger partial charge in [0.1, 0.15) is 5.75 Å². The van der Waals surface area contributed by atoms with Crippen molar-refractivity contribution in [3.63, 3.8) is 0 Å². The number of aromatic hydroxyl groups is 1. The lowest BCUT2D eigenvalue weighted by atomic mass is 10.2. The van der Waals surface area contributed by atoms with Gasteiger partial charge in [0.25, 0.3) is 5.91 Å². The summed E-state index contributed by atoms with van der Waals surface area (Å²) in [5.41, 5.74) is 0.177. The third-order valence-corrected chi connectivity index (χ3v) is 2.56. The molecule has 7 nitrogen and oxygen atoms in total. The van der Waals surface area contributed by atoms with Gasteiger partial charge in [-0.05, 0) is 18.6 Å². The second-order valence-corrected chi connectivity index (χ2v) is 4.24. The van der Waals surface area contributed by atoms with E-state index in [0.717, 1.165) is 0 Å². The number of hydrogen-bond acceptors (Lipinski definition) is 5. The van der Waals surface area contributed by atoms with Gasteiger partial charge < -0.3 is 20.3 Å². The summed E-state index contributed by atoms with van der Waals surface area (Å²) < 4.78 is 4.80. The van der Waals surface area contributed by atoms with Crippen LogP contribution in [0.4, 0.5) is 0 Å². The number of para-hydroxylation sites is 1. The van der Waals surface area contributed by atoms with Gasteiger partial charge in [-0.1, -0.05) is 12.1 Å². The van der Waals surface area contributed by atoms with Crippen LogP contribution in [0.5, 0.6) is 5.75 Å². The lowest BCUT2D eigenvalue weighted by Crippen LogP contribution is -2.25. The molecule has 3 N–H and O–H groups in total. The summed E-state index contributed by atoms with van der Waals surface area (Å²) in [6.45, 7) is 0.374. The number of benzene rings is 1. The molecule has 0 spiro atoms. The Bertz CT molecular complexity index is 514. The minimum atomic E-state index is -1.05. The molecule has 21 heavy (non-hydrogen) atoms. The first-order chi connectivity index (χ1) is 10.0. The Labute approximate surface area is 121 Å². The fourth-order valence-corrected chi connectivity index (χ4v) is 1.50. The van der Waals surface area contributed by atoms with E-state index in [1.807, 2.05) is 0 Å². The van der Waals surface area contributed by atoms with Crippen LogP contribution in [0.25, 0.3) is 0 Å². The Balaban J connectivity index is 2.17. The lowest BCUT2D eigenvalue weighted by Gasteiger charge is -2.07. The highest BCUT2D eigenvalue weighted by molar-refractivity contribution is 5.96. The molecule has 0 heterocycles. The number of amides is 1. The van der Waals surface area contributed by atoms with Gasteiger partial charge in [0, 0.05) is 6.54 Å². The number of phenolic OH excluding ortho intramolecular Hbond substituents is 1. The fourth-order valence-electron chi connectivity index (χ4n) is 1.50. The van der Waals surface area contributed by atoms with Gasteiger partial charge in [-0.25, -0.2) is 0 Å². The molecule has 0 aliphatic rings. The Morgan fingerprint density at radius 1 is 1.14 bits per heavy atom. The zero-order valence-electron chi connectivity index (χ0n) is 11.4. The van der Waals surface area contributed by atoms with Crippen molar-refractivity contribution >= 4 is 17.8 Å². The van der Waals surface area contributed by atoms with Crippen LogP contribution < -0.4 is 5.32 Å². The quantitative estimate of drug-likeness (QED) is 0.485. The van der Waals surface area contributed by atoms with Gasteiger partial charge in [-0.3, -0.25) is 14.4 Å². The molecule has 0 unspecified atom stereocenters. The van der Waals surface area contributed by atoms with Crippen LogP contribution in [0.15, 0.2) is 24.3 Å². The molecule has 0 saturated heterocycles. The van der Waals surface area contributed by atoms with Crippen LogP contribution in [0, 0.1) is 0 Å². The van der Waals surface area contributed by atoms with E-state index in [9.17, 15) is 19.5 Å². The smallest absolute Gasteiger partial charge is 0.306 e. The molecule has 0 saturated carbocycles. The molecule has 0 aromatic heterocycles. The minimum absolute atomic E-state index is 0.0967. The van der Waals surface area contributed by atoms with Gasteiger partial charge in [-0.15, -0.1) is 0 Å². The first kappa shape index (κ1) is 16.5. The van der Waals surface area contributed by atoms with Crippen molar-refractivity contribution in [1.29, 1.82) is 0 Å². The second-order valence-electron chi connectivity index (χ2n) is 4.24. The monoisotopic (exact) mass is 295 g/mol. The highest BCUT2D eigenvalue weighted by atomic mass is 16.5. The predicted molar refractivity (Wildman–Crippen MR) is 72.9 cm³/mol. The highest BCUT2D eigenvalue weighted by Crippen LogP contribution is 2.14. The van der Waals surface area contributed by atoms with Crippen LogP contribution in [0.3, 0.4) is 0 Å². The molecule has 0 fully saturated rings. The maximum atomic E-state index is 11.7. The number of carboxylic acid groups (broad SMARTS) is 1. The average molecular weight is 295 g/mol. The Morgan fingerprint density at radius 3 is 2.52 bits per heavy atom. The van der Waals surface area contributed by atoms with E-state index >= 15 is 0 Å². The van der Waals surface area contributed by atoms with Crippen LogP contribution in [0.1, 0.15) is 29.6 Å². The number of nitrogens with one attached hydrogen (secondary N) is 1. The van der Waals surface area contributed by atoms with Crippen LogP contribution in [0.2, 0.25) is 0 Å². The average Bonchev–Trinajstić information content (AvgIpc) is 2.45. The summed E-state index contributed by atoms with van der Waals surface area (Å²) in [4.78, 5) is 33.0. The SMILES string of the molecule is O=C(O)CCC(=O)OCCCNC(=O)c1ccccc1O. The van der Waals surface area contributed by atoms with Crippen molar-refractivity contribution in [3.8, 4) is 5.75 Å². The molecular weight excluding hydrogens is 278 g/mol. The summed E-state index contributed by atoms with van der Waals surface area (Å²) in [7, 11) is 0. The van der Waals surface area contributed by atoms with Gasteiger partial charge in [0.2, 0.25) is 0 Å². The number of aliphatic carboxylic acids is 1. The number of phenols is 1. The van der Waals surface area contributed by atoms with Crippen molar-refractivity contribution in [2.45, 2.75) is 19.3 Å². The number of ether oxygens (including phenoxy) is 1. The van der Waals surface area contributed by atoms with E-state index in [-0.39, 0.29) is 37.3 Å². The van der Waals surface area contributed by atoms with Crippen molar-refractivity contribution < 1.29 is 29.3 Å². The number of esters is 1. The highest BCUT2D eigenvalue weighted by Gasteiger charge is 2.09. The van der Waals surface area contributed by atoms with Gasteiger partial charge in [0.05, 0.1) is 25.0 Å².